The van der Waals surface area contributed by atoms with Gasteiger partial charge in [-0.15, -0.1) is 5.10 Å². The summed E-state index contributed by atoms with van der Waals surface area (Å²) in [5.41, 5.74) is 9.64. The summed E-state index contributed by atoms with van der Waals surface area (Å²) in [4.78, 5) is 2.92. The van der Waals surface area contributed by atoms with Gasteiger partial charge in [0.15, 0.2) is 0 Å². The molecule has 3 atom stereocenters. The van der Waals surface area contributed by atoms with Crippen LogP contribution >= 0.6 is 0 Å². The van der Waals surface area contributed by atoms with E-state index in [0.717, 1.165) is 18.4 Å². The van der Waals surface area contributed by atoms with E-state index in [1.807, 2.05) is 0 Å². The van der Waals surface area contributed by atoms with E-state index in [4.69, 9.17) is 5.53 Å². The minimum absolute atomic E-state index is 0.0194. The first-order chi connectivity index (χ1) is 9.79. The molecule has 0 amide bonds. The number of hydrogen-bond acceptors (Lipinski definition) is 4. The quantitative estimate of drug-likeness (QED) is 0.488. The number of hydrogen-bond donors (Lipinski definition) is 0. The minimum Gasteiger partial charge on any atom is -0.229 e. The van der Waals surface area contributed by atoms with Gasteiger partial charge in [0.2, 0.25) is 0 Å². The highest BCUT2D eigenvalue weighted by Crippen LogP contribution is 2.44. The van der Waals surface area contributed by atoms with Gasteiger partial charge in [-0.3, -0.25) is 0 Å². The SMILES string of the molecule is [N-]=[N+]=N[C@@H]1CC[C@@H](n2cnnn2)[C@@H]1c1ccc(F)cc1. The number of aromatic nitrogens is 4. The molecule has 3 rings (SSSR count). The molecule has 0 unspecified atom stereocenters. The molecule has 1 saturated carbocycles. The second-order valence-corrected chi connectivity index (χ2v) is 4.78. The maximum Gasteiger partial charge on any atom is 0.138 e. The van der Waals surface area contributed by atoms with Crippen LogP contribution in [0.1, 0.15) is 30.4 Å². The van der Waals surface area contributed by atoms with E-state index in [-0.39, 0.29) is 23.8 Å². The highest BCUT2D eigenvalue weighted by Gasteiger charge is 2.38. The largest absolute Gasteiger partial charge is 0.229 e. The molecule has 7 nitrogen and oxygen atoms in total. The molecule has 1 fully saturated rings. The van der Waals surface area contributed by atoms with Gasteiger partial charge in [0.1, 0.15) is 12.1 Å². The molecule has 102 valence electrons. The fourth-order valence-corrected chi connectivity index (χ4v) is 2.90. The average molecular weight is 273 g/mol. The summed E-state index contributed by atoms with van der Waals surface area (Å²) in [6, 6.07) is 6.13. The molecule has 20 heavy (non-hydrogen) atoms. The summed E-state index contributed by atoms with van der Waals surface area (Å²) in [6.45, 7) is 0. The van der Waals surface area contributed by atoms with Crippen LogP contribution in [0.4, 0.5) is 4.39 Å². The van der Waals surface area contributed by atoms with Crippen LogP contribution in [-0.4, -0.2) is 26.2 Å². The first kappa shape index (κ1) is 12.6. The molecule has 0 radical (unpaired) electrons. The van der Waals surface area contributed by atoms with E-state index in [2.05, 4.69) is 25.6 Å². The summed E-state index contributed by atoms with van der Waals surface area (Å²) >= 11 is 0. The predicted molar refractivity (Wildman–Crippen MR) is 68.2 cm³/mol. The number of tetrazole rings is 1. The second-order valence-electron chi connectivity index (χ2n) is 4.78. The molecule has 2 aromatic rings. The van der Waals surface area contributed by atoms with Crippen LogP contribution in [0, 0.1) is 5.82 Å². The third-order valence-electron chi connectivity index (χ3n) is 3.75. The summed E-state index contributed by atoms with van der Waals surface area (Å²) in [5, 5.41) is 15.1. The van der Waals surface area contributed by atoms with E-state index in [1.165, 1.54) is 12.1 Å². The van der Waals surface area contributed by atoms with Gasteiger partial charge in [-0.1, -0.05) is 17.2 Å². The van der Waals surface area contributed by atoms with Crippen LogP contribution in [0.3, 0.4) is 0 Å². The Morgan fingerprint density at radius 3 is 2.75 bits per heavy atom. The predicted octanol–water partition coefficient (Wildman–Crippen LogP) is 2.61. The molecule has 0 bridgehead atoms. The van der Waals surface area contributed by atoms with Gasteiger partial charge in [0.25, 0.3) is 0 Å². The molecular formula is C12H12FN7. The van der Waals surface area contributed by atoms with E-state index in [0.29, 0.717) is 0 Å². The first-order valence-electron chi connectivity index (χ1n) is 6.31. The summed E-state index contributed by atoms with van der Waals surface area (Å²) in [7, 11) is 0. The van der Waals surface area contributed by atoms with Crippen molar-refractivity contribution in [2.24, 2.45) is 5.11 Å². The van der Waals surface area contributed by atoms with Crippen molar-refractivity contribution >= 4 is 0 Å². The summed E-state index contributed by atoms with van der Waals surface area (Å²) in [6.07, 6.45) is 3.13. The zero-order chi connectivity index (χ0) is 13.9. The maximum atomic E-state index is 13.1. The third kappa shape index (κ3) is 2.21. The van der Waals surface area contributed by atoms with Crippen molar-refractivity contribution in [2.75, 3.05) is 0 Å². The molecule has 0 saturated heterocycles. The zero-order valence-corrected chi connectivity index (χ0v) is 10.5. The zero-order valence-electron chi connectivity index (χ0n) is 10.5. The van der Waals surface area contributed by atoms with E-state index in [1.54, 1.807) is 23.1 Å². The van der Waals surface area contributed by atoms with Crippen LogP contribution < -0.4 is 0 Å². The number of benzene rings is 1. The van der Waals surface area contributed by atoms with Gasteiger partial charge in [0, 0.05) is 16.9 Å². The Morgan fingerprint density at radius 2 is 2.10 bits per heavy atom. The van der Waals surface area contributed by atoms with Crippen LogP contribution in [0.2, 0.25) is 0 Å². The molecular weight excluding hydrogens is 261 g/mol. The van der Waals surface area contributed by atoms with Gasteiger partial charge >= 0.3 is 0 Å². The van der Waals surface area contributed by atoms with Crippen molar-refractivity contribution < 1.29 is 4.39 Å². The van der Waals surface area contributed by atoms with Crippen molar-refractivity contribution in [3.8, 4) is 0 Å². The molecule has 8 heteroatoms. The highest BCUT2D eigenvalue weighted by atomic mass is 19.1. The van der Waals surface area contributed by atoms with E-state index in [9.17, 15) is 4.39 Å². The number of nitrogens with zero attached hydrogens (tertiary/aromatic N) is 7. The van der Waals surface area contributed by atoms with E-state index < -0.39 is 0 Å². The molecule has 0 spiro atoms. The molecule has 1 aliphatic carbocycles. The van der Waals surface area contributed by atoms with Gasteiger partial charge in [-0.05, 0) is 46.5 Å². The fraction of sp³-hybridized carbons (Fsp3) is 0.417. The van der Waals surface area contributed by atoms with Gasteiger partial charge in [0.05, 0.1) is 6.04 Å². The Kier molecular flexibility index (Phi) is 3.30. The lowest BCUT2D eigenvalue weighted by Gasteiger charge is -2.22. The Morgan fingerprint density at radius 1 is 1.30 bits per heavy atom. The lowest BCUT2D eigenvalue weighted by Crippen LogP contribution is -2.19. The van der Waals surface area contributed by atoms with Gasteiger partial charge in [-0.25, -0.2) is 9.07 Å². The van der Waals surface area contributed by atoms with Crippen LogP contribution in [0.25, 0.3) is 10.4 Å². The number of azide groups is 1. The summed E-state index contributed by atoms with van der Waals surface area (Å²) in [5.74, 6) is -0.332. The second kappa shape index (κ2) is 5.26. The highest BCUT2D eigenvalue weighted by molar-refractivity contribution is 5.25. The lowest BCUT2D eigenvalue weighted by molar-refractivity contribution is 0.401. The standard InChI is InChI=1S/C12H12FN7/c13-9-3-1-8(2-4-9)12-10(16-17-14)5-6-11(12)20-7-15-18-19-20/h1-4,7,10-12H,5-6H2/t10-,11-,12-/m1/s1. The molecule has 1 heterocycles. The Balaban J connectivity index is 1.99. The Bertz CT molecular complexity index is 618. The summed E-state index contributed by atoms with van der Waals surface area (Å²) < 4.78 is 14.8. The first-order valence-corrected chi connectivity index (χ1v) is 6.31. The topological polar surface area (TPSA) is 92.4 Å². The van der Waals surface area contributed by atoms with Crippen molar-refractivity contribution in [3.05, 3.63) is 52.4 Å². The number of rotatable bonds is 3. The maximum absolute atomic E-state index is 13.1. The van der Waals surface area contributed by atoms with E-state index >= 15 is 0 Å². The Hall–Kier alpha value is -2.47. The number of halogens is 1. The van der Waals surface area contributed by atoms with Crippen LogP contribution in [0.15, 0.2) is 35.7 Å². The molecule has 0 aliphatic heterocycles. The monoisotopic (exact) mass is 273 g/mol. The third-order valence-corrected chi connectivity index (χ3v) is 3.75. The van der Waals surface area contributed by atoms with Gasteiger partial charge in [-0.2, -0.15) is 0 Å². The molecule has 1 aromatic heterocycles. The van der Waals surface area contributed by atoms with Crippen molar-refractivity contribution in [3.63, 3.8) is 0 Å². The fourth-order valence-electron chi connectivity index (χ4n) is 2.90. The smallest absolute Gasteiger partial charge is 0.138 e. The van der Waals surface area contributed by atoms with Crippen molar-refractivity contribution in [1.82, 2.24) is 20.2 Å². The molecule has 1 aromatic carbocycles. The average Bonchev–Trinajstić information content (AvgIpc) is 3.09. The minimum atomic E-state index is -0.286. The molecule has 1 aliphatic rings. The van der Waals surface area contributed by atoms with Crippen molar-refractivity contribution in [2.45, 2.75) is 30.8 Å². The Labute approximate surface area is 114 Å². The van der Waals surface area contributed by atoms with Gasteiger partial charge < -0.3 is 0 Å². The lowest BCUT2D eigenvalue weighted by atomic mass is 9.91. The van der Waals surface area contributed by atoms with Crippen molar-refractivity contribution in [1.29, 1.82) is 0 Å². The normalized spacial score (nSPS) is 25.4. The van der Waals surface area contributed by atoms with Crippen LogP contribution in [0.5, 0.6) is 0 Å². The molecule has 0 N–H and O–H groups in total. The van der Waals surface area contributed by atoms with Crippen LogP contribution in [-0.2, 0) is 0 Å².